The smallest absolute Gasteiger partial charge is 0.227 e. The van der Waals surface area contributed by atoms with E-state index < -0.39 is 0 Å². The van der Waals surface area contributed by atoms with E-state index in [4.69, 9.17) is 27.6 Å². The molecule has 0 aliphatic carbocycles. The van der Waals surface area contributed by atoms with Crippen LogP contribution in [0.1, 0.15) is 35.8 Å². The normalized spacial score (nSPS) is 20.4. The molecule has 2 aromatic rings. The molecule has 0 bridgehead atoms. The maximum atomic E-state index is 13.1. The summed E-state index contributed by atoms with van der Waals surface area (Å²) in [5.41, 5.74) is 2.05. The highest BCUT2D eigenvalue weighted by molar-refractivity contribution is 6.42. The van der Waals surface area contributed by atoms with E-state index in [1.807, 2.05) is 17.0 Å². The van der Waals surface area contributed by atoms with E-state index in [1.165, 1.54) is 12.8 Å². The van der Waals surface area contributed by atoms with Crippen molar-refractivity contribution in [2.45, 2.75) is 31.7 Å². The van der Waals surface area contributed by atoms with E-state index >= 15 is 0 Å². The molecule has 6 heteroatoms. The fraction of sp³-hybridized carbons (Fsp3) is 0.450. The van der Waals surface area contributed by atoms with Gasteiger partial charge in [0.15, 0.2) is 0 Å². The van der Waals surface area contributed by atoms with Crippen LogP contribution in [0.2, 0.25) is 10.0 Å². The van der Waals surface area contributed by atoms with Crippen LogP contribution >= 0.6 is 23.2 Å². The molecule has 4 rings (SSSR count). The molecule has 1 atom stereocenters. The van der Waals surface area contributed by atoms with Gasteiger partial charge in [0.05, 0.1) is 28.8 Å². The van der Waals surface area contributed by atoms with Crippen molar-refractivity contribution in [3.05, 3.63) is 57.5 Å². The molecular weight excluding hydrogens is 371 g/mol. The van der Waals surface area contributed by atoms with Crippen LogP contribution in [0.5, 0.6) is 0 Å². The second kappa shape index (κ2) is 7.63. The molecule has 0 radical (unpaired) electrons. The van der Waals surface area contributed by atoms with Gasteiger partial charge in [-0.25, -0.2) is 0 Å². The van der Waals surface area contributed by atoms with Crippen LogP contribution in [0.4, 0.5) is 0 Å². The number of nitrogens with zero attached hydrogens (tertiary/aromatic N) is 2. The van der Waals surface area contributed by atoms with Gasteiger partial charge < -0.3 is 14.2 Å². The molecule has 2 aliphatic rings. The maximum absolute atomic E-state index is 13.1. The van der Waals surface area contributed by atoms with Gasteiger partial charge in [0.1, 0.15) is 5.76 Å². The largest absolute Gasteiger partial charge is 0.469 e. The Bertz CT molecular complexity index is 799. The molecular formula is C20H22Cl2N2O2. The first-order valence-electron chi connectivity index (χ1n) is 9.14. The summed E-state index contributed by atoms with van der Waals surface area (Å²) in [6.45, 7) is 3.79. The minimum atomic E-state index is 0.0610. The molecule has 0 N–H and O–H groups in total. The highest BCUT2D eigenvalue weighted by Crippen LogP contribution is 2.33. The summed E-state index contributed by atoms with van der Waals surface area (Å²) < 4.78 is 5.64. The summed E-state index contributed by atoms with van der Waals surface area (Å²) in [6, 6.07) is 7.48. The van der Waals surface area contributed by atoms with Crippen molar-refractivity contribution in [3.8, 4) is 0 Å². The Kier molecular flexibility index (Phi) is 5.25. The lowest BCUT2D eigenvalue weighted by molar-refractivity contribution is -0.133. The van der Waals surface area contributed by atoms with Gasteiger partial charge in [0.2, 0.25) is 5.91 Å². The molecule has 1 unspecified atom stereocenters. The molecule has 0 spiro atoms. The van der Waals surface area contributed by atoms with Crippen LogP contribution in [-0.2, 0) is 17.6 Å². The van der Waals surface area contributed by atoms with Crippen LogP contribution in [0.3, 0.4) is 0 Å². The summed E-state index contributed by atoms with van der Waals surface area (Å²) in [5.74, 6) is 1.15. The quantitative estimate of drug-likeness (QED) is 0.775. The average molecular weight is 393 g/mol. The van der Waals surface area contributed by atoms with Gasteiger partial charge >= 0.3 is 0 Å². The third-order valence-corrected chi connectivity index (χ3v) is 6.12. The van der Waals surface area contributed by atoms with Crippen molar-refractivity contribution < 1.29 is 9.21 Å². The summed E-state index contributed by atoms with van der Waals surface area (Å²) >= 11 is 12.1. The maximum Gasteiger partial charge on any atom is 0.227 e. The Morgan fingerprint density at radius 2 is 1.92 bits per heavy atom. The van der Waals surface area contributed by atoms with Gasteiger partial charge in [-0.3, -0.25) is 4.79 Å². The summed E-state index contributed by atoms with van der Waals surface area (Å²) in [5, 5.41) is 0.997. The van der Waals surface area contributed by atoms with E-state index in [2.05, 4.69) is 4.90 Å². The SMILES string of the molecule is O=C(Cc1ccc(Cl)c(Cl)c1)N1CCc2occc2C1CN1CCCC1. The van der Waals surface area contributed by atoms with Crippen LogP contribution in [0.15, 0.2) is 34.9 Å². The average Bonchev–Trinajstić information content (AvgIpc) is 3.29. The zero-order valence-corrected chi connectivity index (χ0v) is 16.1. The van der Waals surface area contributed by atoms with Crippen molar-refractivity contribution in [3.63, 3.8) is 0 Å². The minimum absolute atomic E-state index is 0.0610. The number of carbonyl (C=O) groups excluding carboxylic acids is 1. The monoisotopic (exact) mass is 392 g/mol. The first-order chi connectivity index (χ1) is 12.6. The van der Waals surface area contributed by atoms with Gasteiger partial charge in [-0.15, -0.1) is 0 Å². The number of benzene rings is 1. The topological polar surface area (TPSA) is 36.7 Å². The molecule has 1 amide bonds. The molecule has 0 saturated carbocycles. The van der Waals surface area contributed by atoms with Crippen molar-refractivity contribution in [2.24, 2.45) is 0 Å². The number of hydrogen-bond donors (Lipinski definition) is 0. The first kappa shape index (κ1) is 17.9. The fourth-order valence-electron chi connectivity index (χ4n) is 4.03. The van der Waals surface area contributed by atoms with Gasteiger partial charge in [-0.05, 0) is 49.7 Å². The molecule has 1 saturated heterocycles. The zero-order chi connectivity index (χ0) is 18.1. The lowest BCUT2D eigenvalue weighted by Gasteiger charge is -2.37. The van der Waals surface area contributed by atoms with Gasteiger partial charge in [-0.2, -0.15) is 0 Å². The van der Waals surface area contributed by atoms with E-state index in [1.54, 1.807) is 18.4 Å². The number of carbonyl (C=O) groups is 1. The predicted molar refractivity (Wildman–Crippen MR) is 103 cm³/mol. The Morgan fingerprint density at radius 3 is 2.69 bits per heavy atom. The van der Waals surface area contributed by atoms with E-state index in [0.717, 1.165) is 42.9 Å². The predicted octanol–water partition coefficient (Wildman–Crippen LogP) is 4.35. The third-order valence-electron chi connectivity index (χ3n) is 5.38. The second-order valence-electron chi connectivity index (χ2n) is 7.09. The molecule has 2 aliphatic heterocycles. The molecule has 4 nitrogen and oxygen atoms in total. The van der Waals surface area contributed by atoms with Crippen molar-refractivity contribution in [1.82, 2.24) is 9.80 Å². The Labute approximate surface area is 163 Å². The highest BCUT2D eigenvalue weighted by Gasteiger charge is 2.34. The molecule has 138 valence electrons. The zero-order valence-electron chi connectivity index (χ0n) is 14.6. The van der Waals surface area contributed by atoms with Crippen LogP contribution < -0.4 is 0 Å². The fourth-order valence-corrected chi connectivity index (χ4v) is 4.35. The van der Waals surface area contributed by atoms with Crippen LogP contribution in [0.25, 0.3) is 0 Å². The summed E-state index contributed by atoms with van der Waals surface area (Å²) in [4.78, 5) is 17.5. The Balaban J connectivity index is 1.54. The lowest BCUT2D eigenvalue weighted by atomic mass is 9.97. The first-order valence-corrected chi connectivity index (χ1v) is 9.89. The molecule has 3 heterocycles. The number of likely N-dealkylation sites (tertiary alicyclic amines) is 1. The number of furan rings is 1. The third kappa shape index (κ3) is 3.64. The van der Waals surface area contributed by atoms with E-state index in [0.29, 0.717) is 23.0 Å². The van der Waals surface area contributed by atoms with E-state index in [-0.39, 0.29) is 11.9 Å². The van der Waals surface area contributed by atoms with Gasteiger partial charge in [-0.1, -0.05) is 29.3 Å². The second-order valence-corrected chi connectivity index (χ2v) is 7.90. The number of amides is 1. The van der Waals surface area contributed by atoms with E-state index in [9.17, 15) is 4.79 Å². The van der Waals surface area contributed by atoms with Crippen molar-refractivity contribution in [2.75, 3.05) is 26.2 Å². The number of fused-ring (bicyclic) bond motifs is 1. The lowest BCUT2D eigenvalue weighted by Crippen LogP contribution is -2.45. The highest BCUT2D eigenvalue weighted by atomic mass is 35.5. The molecule has 1 aromatic carbocycles. The minimum Gasteiger partial charge on any atom is -0.469 e. The molecule has 1 fully saturated rings. The number of hydrogen-bond acceptors (Lipinski definition) is 3. The van der Waals surface area contributed by atoms with Gasteiger partial charge in [0, 0.05) is 25.1 Å². The van der Waals surface area contributed by atoms with Crippen molar-refractivity contribution >= 4 is 29.1 Å². The van der Waals surface area contributed by atoms with Crippen LogP contribution in [0, 0.1) is 0 Å². The van der Waals surface area contributed by atoms with Crippen LogP contribution in [-0.4, -0.2) is 41.9 Å². The standard InChI is InChI=1S/C20H22Cl2N2O2/c21-16-4-3-14(11-17(16)22)12-20(25)24-9-5-19-15(6-10-26-19)18(24)13-23-7-1-2-8-23/h3-4,6,10-11,18H,1-2,5,7-9,12-13H2. The van der Waals surface area contributed by atoms with Gasteiger partial charge in [0.25, 0.3) is 0 Å². The summed E-state index contributed by atoms with van der Waals surface area (Å²) in [7, 11) is 0. The summed E-state index contributed by atoms with van der Waals surface area (Å²) in [6.07, 6.45) is 5.32. The molecule has 1 aromatic heterocycles. The Morgan fingerprint density at radius 1 is 1.12 bits per heavy atom. The number of halogens is 2. The Hall–Kier alpha value is -1.49. The number of rotatable bonds is 4. The van der Waals surface area contributed by atoms with Crippen molar-refractivity contribution in [1.29, 1.82) is 0 Å². The molecule has 26 heavy (non-hydrogen) atoms.